The second-order valence-electron chi connectivity index (χ2n) is 5.57. The quantitative estimate of drug-likeness (QED) is 0.947. The third kappa shape index (κ3) is 3.08. The van der Waals surface area contributed by atoms with Gasteiger partial charge >= 0.3 is 0 Å². The van der Waals surface area contributed by atoms with Crippen molar-refractivity contribution in [2.75, 3.05) is 11.4 Å². The lowest BCUT2D eigenvalue weighted by Gasteiger charge is -2.22. The Morgan fingerprint density at radius 3 is 2.57 bits per heavy atom. The van der Waals surface area contributed by atoms with Crippen LogP contribution in [0.25, 0.3) is 0 Å². The number of carbonyl (C=O) groups is 2. The van der Waals surface area contributed by atoms with Gasteiger partial charge in [0.1, 0.15) is 11.9 Å². The highest BCUT2D eigenvalue weighted by Crippen LogP contribution is 2.27. The second kappa shape index (κ2) is 6.20. The number of amides is 2. The molecule has 0 saturated heterocycles. The Morgan fingerprint density at radius 2 is 1.83 bits per heavy atom. The molecular formula is C18H17FN2O2. The molecule has 118 valence electrons. The van der Waals surface area contributed by atoms with E-state index in [1.165, 1.54) is 24.3 Å². The van der Waals surface area contributed by atoms with Crippen molar-refractivity contribution >= 4 is 17.5 Å². The summed E-state index contributed by atoms with van der Waals surface area (Å²) in [7, 11) is 0. The normalized spacial score (nSPS) is 14.3. The molecule has 1 atom stereocenters. The van der Waals surface area contributed by atoms with Crippen molar-refractivity contribution in [2.45, 2.75) is 19.4 Å². The summed E-state index contributed by atoms with van der Waals surface area (Å²) >= 11 is 0. The van der Waals surface area contributed by atoms with Crippen molar-refractivity contribution in [1.29, 1.82) is 0 Å². The Labute approximate surface area is 133 Å². The number of anilines is 1. The van der Waals surface area contributed by atoms with Gasteiger partial charge in [-0.3, -0.25) is 9.59 Å². The predicted octanol–water partition coefficient (Wildman–Crippen LogP) is 2.53. The zero-order chi connectivity index (χ0) is 16.4. The summed E-state index contributed by atoms with van der Waals surface area (Å²) in [6.07, 6.45) is 0.820. The molecule has 1 aliphatic rings. The largest absolute Gasteiger partial charge is 0.341 e. The molecule has 0 bridgehead atoms. The van der Waals surface area contributed by atoms with Gasteiger partial charge in [0, 0.05) is 17.8 Å². The van der Waals surface area contributed by atoms with Gasteiger partial charge in [-0.1, -0.05) is 18.2 Å². The van der Waals surface area contributed by atoms with Crippen LogP contribution < -0.4 is 10.2 Å². The fraction of sp³-hybridized carbons (Fsp3) is 0.222. The van der Waals surface area contributed by atoms with Gasteiger partial charge in [-0.25, -0.2) is 4.39 Å². The molecule has 1 heterocycles. The van der Waals surface area contributed by atoms with E-state index in [9.17, 15) is 14.0 Å². The van der Waals surface area contributed by atoms with Gasteiger partial charge in [0.15, 0.2) is 0 Å². The third-order valence-electron chi connectivity index (χ3n) is 3.98. The number of para-hydroxylation sites is 1. The van der Waals surface area contributed by atoms with Gasteiger partial charge in [-0.2, -0.15) is 0 Å². The van der Waals surface area contributed by atoms with Crippen molar-refractivity contribution in [3.63, 3.8) is 0 Å². The van der Waals surface area contributed by atoms with Crippen LogP contribution in [-0.4, -0.2) is 24.4 Å². The van der Waals surface area contributed by atoms with Crippen molar-refractivity contribution in [2.24, 2.45) is 0 Å². The second-order valence-corrected chi connectivity index (χ2v) is 5.57. The van der Waals surface area contributed by atoms with E-state index in [1.807, 2.05) is 24.3 Å². The Morgan fingerprint density at radius 1 is 1.13 bits per heavy atom. The summed E-state index contributed by atoms with van der Waals surface area (Å²) in [5.74, 6) is -0.942. The van der Waals surface area contributed by atoms with Gasteiger partial charge in [-0.05, 0) is 49.2 Å². The molecule has 0 fully saturated rings. The third-order valence-corrected chi connectivity index (χ3v) is 3.98. The van der Waals surface area contributed by atoms with Gasteiger partial charge in [0.2, 0.25) is 5.91 Å². The van der Waals surface area contributed by atoms with E-state index in [0.29, 0.717) is 12.1 Å². The van der Waals surface area contributed by atoms with Crippen LogP contribution in [-0.2, 0) is 11.2 Å². The number of hydrogen-bond donors (Lipinski definition) is 1. The minimum absolute atomic E-state index is 0.148. The minimum Gasteiger partial charge on any atom is -0.341 e. The molecule has 2 amide bonds. The van der Waals surface area contributed by atoms with E-state index in [0.717, 1.165) is 17.7 Å². The van der Waals surface area contributed by atoms with Crippen molar-refractivity contribution in [3.05, 3.63) is 65.5 Å². The fourth-order valence-electron chi connectivity index (χ4n) is 2.74. The first-order valence-electron chi connectivity index (χ1n) is 7.52. The molecular weight excluding hydrogens is 295 g/mol. The standard InChI is InChI=1S/C18H17FN2O2/c1-12(20-17(22)14-6-8-15(19)9-7-14)18(23)21-11-10-13-4-2-3-5-16(13)21/h2-9,12H,10-11H2,1H3,(H,20,22)/t12-/m0/s1. The monoisotopic (exact) mass is 312 g/mol. The highest BCUT2D eigenvalue weighted by atomic mass is 19.1. The molecule has 4 nitrogen and oxygen atoms in total. The van der Waals surface area contributed by atoms with Crippen LogP contribution in [0.15, 0.2) is 48.5 Å². The molecule has 5 heteroatoms. The number of carbonyl (C=O) groups excluding carboxylic acids is 2. The molecule has 3 rings (SSSR count). The number of nitrogens with zero attached hydrogens (tertiary/aromatic N) is 1. The maximum absolute atomic E-state index is 12.9. The first kappa shape index (κ1) is 15.2. The summed E-state index contributed by atoms with van der Waals surface area (Å²) in [6, 6.07) is 12.3. The molecule has 1 N–H and O–H groups in total. The van der Waals surface area contributed by atoms with E-state index >= 15 is 0 Å². The Hall–Kier alpha value is -2.69. The van der Waals surface area contributed by atoms with Crippen molar-refractivity contribution in [1.82, 2.24) is 5.32 Å². The highest BCUT2D eigenvalue weighted by molar-refractivity contribution is 6.03. The number of halogens is 1. The molecule has 2 aromatic rings. The Kier molecular flexibility index (Phi) is 4.10. The van der Waals surface area contributed by atoms with E-state index in [4.69, 9.17) is 0 Å². The molecule has 23 heavy (non-hydrogen) atoms. The van der Waals surface area contributed by atoms with Crippen LogP contribution in [0.2, 0.25) is 0 Å². The summed E-state index contributed by atoms with van der Waals surface area (Å²) < 4.78 is 12.9. The van der Waals surface area contributed by atoms with Crippen LogP contribution in [0.5, 0.6) is 0 Å². The number of nitrogens with one attached hydrogen (secondary N) is 1. The Balaban J connectivity index is 1.69. The number of hydrogen-bond acceptors (Lipinski definition) is 2. The lowest BCUT2D eigenvalue weighted by Crippen LogP contribution is -2.46. The van der Waals surface area contributed by atoms with Crippen molar-refractivity contribution in [3.8, 4) is 0 Å². The van der Waals surface area contributed by atoms with Crippen LogP contribution in [0.1, 0.15) is 22.8 Å². The summed E-state index contributed by atoms with van der Waals surface area (Å²) in [4.78, 5) is 26.4. The fourth-order valence-corrected chi connectivity index (χ4v) is 2.74. The van der Waals surface area contributed by atoms with Gasteiger partial charge in [0.05, 0.1) is 0 Å². The van der Waals surface area contributed by atoms with Gasteiger partial charge in [0.25, 0.3) is 5.91 Å². The molecule has 0 radical (unpaired) electrons. The number of benzene rings is 2. The maximum atomic E-state index is 12.9. The van der Waals surface area contributed by atoms with Crippen LogP contribution in [0.3, 0.4) is 0 Å². The predicted molar refractivity (Wildman–Crippen MR) is 85.8 cm³/mol. The molecule has 0 aromatic heterocycles. The molecule has 0 aliphatic carbocycles. The average Bonchev–Trinajstić information content (AvgIpc) is 2.98. The molecule has 0 saturated carbocycles. The van der Waals surface area contributed by atoms with Gasteiger partial charge < -0.3 is 10.2 Å². The lowest BCUT2D eigenvalue weighted by molar-refractivity contribution is -0.119. The van der Waals surface area contributed by atoms with Gasteiger partial charge in [-0.15, -0.1) is 0 Å². The molecule has 1 aliphatic heterocycles. The molecule has 2 aromatic carbocycles. The van der Waals surface area contributed by atoms with Crippen LogP contribution >= 0.6 is 0 Å². The van der Waals surface area contributed by atoms with E-state index in [1.54, 1.807) is 11.8 Å². The van der Waals surface area contributed by atoms with E-state index in [-0.39, 0.29) is 5.91 Å². The maximum Gasteiger partial charge on any atom is 0.251 e. The summed E-state index contributed by atoms with van der Waals surface area (Å²) in [5, 5.41) is 2.67. The summed E-state index contributed by atoms with van der Waals surface area (Å²) in [6.45, 7) is 2.28. The number of fused-ring (bicyclic) bond motifs is 1. The number of rotatable bonds is 3. The Bertz CT molecular complexity index is 743. The topological polar surface area (TPSA) is 49.4 Å². The van der Waals surface area contributed by atoms with Crippen molar-refractivity contribution < 1.29 is 14.0 Å². The summed E-state index contributed by atoms with van der Waals surface area (Å²) in [5.41, 5.74) is 2.37. The van der Waals surface area contributed by atoms with Crippen LogP contribution in [0.4, 0.5) is 10.1 Å². The highest BCUT2D eigenvalue weighted by Gasteiger charge is 2.28. The first-order valence-corrected chi connectivity index (χ1v) is 7.52. The van der Waals surface area contributed by atoms with E-state index < -0.39 is 17.8 Å². The molecule has 0 unspecified atom stereocenters. The lowest BCUT2D eigenvalue weighted by atomic mass is 10.1. The SMILES string of the molecule is C[C@H](NC(=O)c1ccc(F)cc1)C(=O)N1CCc2ccccc21. The average molecular weight is 312 g/mol. The smallest absolute Gasteiger partial charge is 0.251 e. The zero-order valence-electron chi connectivity index (χ0n) is 12.8. The first-order chi connectivity index (χ1) is 11.1. The zero-order valence-corrected chi connectivity index (χ0v) is 12.8. The van der Waals surface area contributed by atoms with E-state index in [2.05, 4.69) is 5.32 Å². The molecule has 0 spiro atoms. The van der Waals surface area contributed by atoms with Crippen LogP contribution in [0, 0.1) is 5.82 Å². The minimum atomic E-state index is -0.654.